The van der Waals surface area contributed by atoms with Crippen molar-refractivity contribution in [2.75, 3.05) is 6.61 Å². The van der Waals surface area contributed by atoms with Crippen LogP contribution in [0.2, 0.25) is 0 Å². The fourth-order valence-corrected chi connectivity index (χ4v) is 2.37. The van der Waals surface area contributed by atoms with Crippen molar-refractivity contribution >= 4 is 5.91 Å². The predicted molar refractivity (Wildman–Crippen MR) is 77.4 cm³/mol. The van der Waals surface area contributed by atoms with E-state index in [9.17, 15) is 4.79 Å². The van der Waals surface area contributed by atoms with Gasteiger partial charge in [-0.2, -0.15) is 0 Å². The van der Waals surface area contributed by atoms with Gasteiger partial charge in [-0.15, -0.1) is 0 Å². The molecule has 0 spiro atoms. The van der Waals surface area contributed by atoms with E-state index in [0.717, 1.165) is 17.7 Å². The number of rotatable bonds is 4. The Hall–Kier alpha value is -2.30. The highest BCUT2D eigenvalue weighted by Crippen LogP contribution is 2.33. The highest BCUT2D eigenvalue weighted by atomic mass is 16.5. The second-order valence-electron chi connectivity index (χ2n) is 5.22. The van der Waals surface area contributed by atoms with Crippen molar-refractivity contribution in [2.45, 2.75) is 32.7 Å². The number of hydrogen-bond acceptors (Lipinski definition) is 4. The Labute approximate surface area is 123 Å². The number of ether oxygens (including phenoxy) is 1. The lowest BCUT2D eigenvalue weighted by atomic mass is 10.0. The lowest BCUT2D eigenvalue weighted by molar-refractivity contribution is 0.0947. The summed E-state index contributed by atoms with van der Waals surface area (Å²) < 4.78 is 11.0. The summed E-state index contributed by atoms with van der Waals surface area (Å²) in [6.45, 7) is 5.09. The second-order valence-corrected chi connectivity index (χ2v) is 5.22. The van der Waals surface area contributed by atoms with Gasteiger partial charge in [-0.3, -0.25) is 4.79 Å². The highest BCUT2D eigenvalue weighted by molar-refractivity contribution is 5.94. The molecule has 2 heterocycles. The topological polar surface area (TPSA) is 64.4 Å². The third-order valence-electron chi connectivity index (χ3n) is 3.62. The Morgan fingerprint density at radius 2 is 2.33 bits per heavy atom. The molecular formula is C16H18N2O3. The molecule has 1 atom stereocenters. The Kier molecular flexibility index (Phi) is 3.64. The van der Waals surface area contributed by atoms with Crippen LogP contribution < -0.4 is 10.1 Å². The van der Waals surface area contributed by atoms with E-state index >= 15 is 0 Å². The van der Waals surface area contributed by atoms with Crippen LogP contribution in [0.15, 0.2) is 28.8 Å². The molecule has 21 heavy (non-hydrogen) atoms. The maximum Gasteiger partial charge on any atom is 0.251 e. The number of fused-ring (bicyclic) bond motifs is 1. The number of nitrogens with one attached hydrogen (secondary N) is 1. The smallest absolute Gasteiger partial charge is 0.251 e. The van der Waals surface area contributed by atoms with Gasteiger partial charge in [-0.1, -0.05) is 13.8 Å². The average Bonchev–Trinajstić information content (AvgIpc) is 3.11. The van der Waals surface area contributed by atoms with Gasteiger partial charge in [0, 0.05) is 23.5 Å². The molecule has 1 aromatic carbocycles. The standard InChI is InChI=1S/C16H18N2O3/c1-3-15-17-7-12(21-15)8-18-16(19)11-4-5-14-13(6-11)10(2)9-20-14/h4-7,10H,3,8-9H2,1-2H3,(H,18,19)/t10-/m0/s1. The minimum absolute atomic E-state index is 0.119. The van der Waals surface area contributed by atoms with Crippen molar-refractivity contribution in [3.63, 3.8) is 0 Å². The fraction of sp³-hybridized carbons (Fsp3) is 0.375. The number of amides is 1. The van der Waals surface area contributed by atoms with Crippen LogP contribution in [0.4, 0.5) is 0 Å². The first-order valence-electron chi connectivity index (χ1n) is 7.16. The number of oxazole rings is 1. The molecule has 1 N–H and O–H groups in total. The SMILES string of the molecule is CCc1ncc(CNC(=O)c2ccc3c(c2)[C@@H](C)CO3)o1. The molecule has 0 saturated heterocycles. The number of hydrogen-bond donors (Lipinski definition) is 1. The summed E-state index contributed by atoms with van der Waals surface area (Å²) in [5.41, 5.74) is 1.73. The van der Waals surface area contributed by atoms with Crippen molar-refractivity contribution in [1.29, 1.82) is 0 Å². The third kappa shape index (κ3) is 2.77. The van der Waals surface area contributed by atoms with Gasteiger partial charge >= 0.3 is 0 Å². The van der Waals surface area contributed by atoms with Crippen LogP contribution in [0.1, 0.15) is 47.3 Å². The number of carbonyl (C=O) groups excluding carboxylic acids is 1. The van der Waals surface area contributed by atoms with E-state index in [1.54, 1.807) is 12.3 Å². The molecule has 1 aliphatic heterocycles. The normalized spacial score (nSPS) is 16.4. The van der Waals surface area contributed by atoms with Gasteiger partial charge in [0.2, 0.25) is 0 Å². The molecule has 5 nitrogen and oxygen atoms in total. The maximum atomic E-state index is 12.2. The van der Waals surface area contributed by atoms with Crippen LogP contribution in [0.25, 0.3) is 0 Å². The molecule has 2 aromatic rings. The van der Waals surface area contributed by atoms with Gasteiger partial charge in [-0.25, -0.2) is 4.98 Å². The van der Waals surface area contributed by atoms with Gasteiger partial charge in [0.1, 0.15) is 11.5 Å². The van der Waals surface area contributed by atoms with E-state index in [0.29, 0.717) is 36.3 Å². The van der Waals surface area contributed by atoms with E-state index in [4.69, 9.17) is 9.15 Å². The number of benzene rings is 1. The van der Waals surface area contributed by atoms with E-state index in [-0.39, 0.29) is 5.91 Å². The van der Waals surface area contributed by atoms with Crippen LogP contribution in [0.5, 0.6) is 5.75 Å². The summed E-state index contributed by atoms with van der Waals surface area (Å²) in [7, 11) is 0. The fourth-order valence-electron chi connectivity index (χ4n) is 2.37. The van der Waals surface area contributed by atoms with Gasteiger partial charge < -0.3 is 14.5 Å². The second kappa shape index (κ2) is 5.60. The average molecular weight is 286 g/mol. The summed E-state index contributed by atoms with van der Waals surface area (Å²) in [5.74, 6) is 2.43. The number of aryl methyl sites for hydroxylation is 1. The van der Waals surface area contributed by atoms with Crippen LogP contribution in [0, 0.1) is 0 Å². The van der Waals surface area contributed by atoms with Crippen molar-refractivity contribution in [3.05, 3.63) is 47.2 Å². The van der Waals surface area contributed by atoms with Gasteiger partial charge in [0.15, 0.2) is 5.89 Å². The molecule has 0 bridgehead atoms. The van der Waals surface area contributed by atoms with Crippen LogP contribution in [-0.4, -0.2) is 17.5 Å². The quantitative estimate of drug-likeness (QED) is 0.938. The highest BCUT2D eigenvalue weighted by Gasteiger charge is 2.21. The molecule has 0 saturated carbocycles. The molecule has 110 valence electrons. The first-order chi connectivity index (χ1) is 10.2. The first-order valence-corrected chi connectivity index (χ1v) is 7.16. The Morgan fingerprint density at radius 3 is 3.10 bits per heavy atom. The van der Waals surface area contributed by atoms with Crippen LogP contribution >= 0.6 is 0 Å². The number of aromatic nitrogens is 1. The van der Waals surface area contributed by atoms with Crippen LogP contribution in [-0.2, 0) is 13.0 Å². The molecule has 5 heteroatoms. The van der Waals surface area contributed by atoms with Crippen LogP contribution in [0.3, 0.4) is 0 Å². The third-order valence-corrected chi connectivity index (χ3v) is 3.62. The number of carbonyl (C=O) groups is 1. The van der Waals surface area contributed by atoms with Crippen molar-refractivity contribution < 1.29 is 13.9 Å². The maximum absolute atomic E-state index is 12.2. The zero-order valence-electron chi connectivity index (χ0n) is 12.2. The first kappa shape index (κ1) is 13.7. The minimum Gasteiger partial charge on any atom is -0.493 e. The molecule has 1 aromatic heterocycles. The summed E-state index contributed by atoms with van der Waals surface area (Å²) in [5, 5.41) is 2.85. The van der Waals surface area contributed by atoms with Gasteiger partial charge in [-0.05, 0) is 18.2 Å². The van der Waals surface area contributed by atoms with E-state index in [1.807, 2.05) is 19.1 Å². The molecular weight excluding hydrogens is 268 g/mol. The molecule has 0 aliphatic carbocycles. The van der Waals surface area contributed by atoms with Crippen molar-refractivity contribution in [3.8, 4) is 5.75 Å². The Bertz CT molecular complexity index is 663. The molecule has 0 radical (unpaired) electrons. The van der Waals surface area contributed by atoms with E-state index in [1.165, 1.54) is 0 Å². The monoisotopic (exact) mass is 286 g/mol. The Balaban J connectivity index is 1.67. The minimum atomic E-state index is -0.119. The van der Waals surface area contributed by atoms with Crippen molar-refractivity contribution in [1.82, 2.24) is 10.3 Å². The van der Waals surface area contributed by atoms with Crippen molar-refractivity contribution in [2.24, 2.45) is 0 Å². The lowest BCUT2D eigenvalue weighted by Gasteiger charge is -2.06. The summed E-state index contributed by atoms with van der Waals surface area (Å²) >= 11 is 0. The molecule has 0 fully saturated rings. The molecule has 1 aliphatic rings. The lowest BCUT2D eigenvalue weighted by Crippen LogP contribution is -2.22. The molecule has 0 unspecified atom stereocenters. The predicted octanol–water partition coefficient (Wildman–Crippen LogP) is 2.66. The Morgan fingerprint density at radius 1 is 1.48 bits per heavy atom. The summed E-state index contributed by atoms with van der Waals surface area (Å²) in [6.07, 6.45) is 2.40. The van der Waals surface area contributed by atoms with E-state index < -0.39 is 0 Å². The van der Waals surface area contributed by atoms with E-state index in [2.05, 4.69) is 17.2 Å². The molecule has 3 rings (SSSR count). The summed E-state index contributed by atoms with van der Waals surface area (Å²) in [6, 6.07) is 5.54. The van der Waals surface area contributed by atoms with Gasteiger partial charge in [0.25, 0.3) is 5.91 Å². The number of nitrogens with zero attached hydrogens (tertiary/aromatic N) is 1. The summed E-state index contributed by atoms with van der Waals surface area (Å²) in [4.78, 5) is 16.3. The van der Waals surface area contributed by atoms with Gasteiger partial charge in [0.05, 0.1) is 19.3 Å². The molecule has 1 amide bonds. The zero-order valence-corrected chi connectivity index (χ0v) is 12.2. The largest absolute Gasteiger partial charge is 0.493 e. The zero-order chi connectivity index (χ0) is 14.8.